The number of aliphatic hydroxyl groups is 1. The second-order valence-electron chi connectivity index (χ2n) is 7.46. The highest BCUT2D eigenvalue weighted by atomic mass is 16.2. The summed E-state index contributed by atoms with van der Waals surface area (Å²) in [6.07, 6.45) is 12.6. The lowest BCUT2D eigenvalue weighted by Gasteiger charge is -2.34. The smallest absolute Gasteiger partial charge is 0.0780 e. The molecular formula is C20H36O. The Morgan fingerprint density at radius 2 is 2.05 bits per heavy atom. The number of rotatable bonds is 7. The zero-order valence-electron chi connectivity index (χ0n) is 14.9. The fourth-order valence-corrected chi connectivity index (χ4v) is 3.68. The Balaban J connectivity index is 2.40. The summed E-state index contributed by atoms with van der Waals surface area (Å²) in [6.45, 7) is 11.5. The fraction of sp³-hybridized carbons (Fsp3) is 0.800. The third-order valence-electron chi connectivity index (χ3n) is 5.58. The second-order valence-corrected chi connectivity index (χ2v) is 7.46. The highest BCUT2D eigenvalue weighted by Gasteiger charge is 2.26. The van der Waals surface area contributed by atoms with Crippen LogP contribution in [0, 0.1) is 23.7 Å². The second kappa shape index (κ2) is 9.33. The highest BCUT2D eigenvalue weighted by Crippen LogP contribution is 2.38. The van der Waals surface area contributed by atoms with Crippen molar-refractivity contribution in [3.63, 3.8) is 0 Å². The van der Waals surface area contributed by atoms with Crippen LogP contribution in [0.15, 0.2) is 23.5 Å². The maximum absolute atomic E-state index is 8.98. The number of allylic oxidation sites excluding steroid dienone is 3. The van der Waals surface area contributed by atoms with Crippen LogP contribution in [0.3, 0.4) is 0 Å². The van der Waals surface area contributed by atoms with Crippen LogP contribution in [0.5, 0.6) is 0 Å². The van der Waals surface area contributed by atoms with Crippen LogP contribution < -0.4 is 0 Å². The minimum Gasteiger partial charge on any atom is -0.516 e. The molecule has 0 saturated heterocycles. The van der Waals surface area contributed by atoms with Crippen molar-refractivity contribution >= 4 is 0 Å². The van der Waals surface area contributed by atoms with Gasteiger partial charge in [-0.05, 0) is 81.1 Å². The first kappa shape index (κ1) is 18.3. The molecule has 1 N–H and O–H groups in total. The number of aliphatic hydroxyl groups excluding tert-OH is 1. The predicted molar refractivity (Wildman–Crippen MR) is 93.4 cm³/mol. The maximum atomic E-state index is 8.98. The minimum atomic E-state index is 0.750. The molecule has 4 atom stereocenters. The van der Waals surface area contributed by atoms with Crippen molar-refractivity contribution in [2.45, 2.75) is 79.6 Å². The molecule has 0 spiro atoms. The van der Waals surface area contributed by atoms with Crippen molar-refractivity contribution in [2.24, 2.45) is 23.7 Å². The Kier molecular flexibility index (Phi) is 8.14. The van der Waals surface area contributed by atoms with Gasteiger partial charge in [0.1, 0.15) is 0 Å². The van der Waals surface area contributed by atoms with E-state index in [1.165, 1.54) is 44.8 Å². The molecule has 0 aromatic carbocycles. The molecule has 4 unspecified atom stereocenters. The predicted octanol–water partition coefficient (Wildman–Crippen LogP) is 6.66. The number of hydrogen-bond acceptors (Lipinski definition) is 1. The van der Waals surface area contributed by atoms with Crippen molar-refractivity contribution in [3.05, 3.63) is 23.5 Å². The molecule has 0 heterocycles. The summed E-state index contributed by atoms with van der Waals surface area (Å²) in [6, 6.07) is 0. The van der Waals surface area contributed by atoms with Gasteiger partial charge in [0.2, 0.25) is 0 Å². The van der Waals surface area contributed by atoms with Crippen molar-refractivity contribution in [3.8, 4) is 0 Å². The first-order valence-electron chi connectivity index (χ1n) is 8.95. The highest BCUT2D eigenvalue weighted by molar-refractivity contribution is 5.06. The zero-order valence-corrected chi connectivity index (χ0v) is 14.9. The van der Waals surface area contributed by atoms with Crippen LogP contribution in [0.2, 0.25) is 0 Å². The van der Waals surface area contributed by atoms with Crippen molar-refractivity contribution in [1.82, 2.24) is 0 Å². The Hall–Kier alpha value is -0.720. The lowest BCUT2D eigenvalue weighted by atomic mass is 9.72. The molecule has 1 saturated carbocycles. The van der Waals surface area contributed by atoms with Crippen LogP contribution in [0.25, 0.3) is 0 Å². The summed E-state index contributed by atoms with van der Waals surface area (Å²) < 4.78 is 0. The van der Waals surface area contributed by atoms with E-state index in [1.54, 1.807) is 5.57 Å². The third-order valence-corrected chi connectivity index (χ3v) is 5.58. The van der Waals surface area contributed by atoms with Gasteiger partial charge in [-0.2, -0.15) is 0 Å². The van der Waals surface area contributed by atoms with Crippen LogP contribution in [-0.4, -0.2) is 5.11 Å². The summed E-state index contributed by atoms with van der Waals surface area (Å²) >= 11 is 0. The molecule has 122 valence electrons. The van der Waals surface area contributed by atoms with E-state index >= 15 is 0 Å². The molecule has 1 aliphatic carbocycles. The Bertz CT molecular complexity index is 353. The maximum Gasteiger partial charge on any atom is 0.0780 e. The Morgan fingerprint density at radius 1 is 1.33 bits per heavy atom. The van der Waals surface area contributed by atoms with Gasteiger partial charge in [-0.15, -0.1) is 0 Å². The third kappa shape index (κ3) is 6.28. The summed E-state index contributed by atoms with van der Waals surface area (Å²) in [7, 11) is 0. The Labute approximate surface area is 132 Å². The molecule has 1 aliphatic rings. The molecule has 0 aromatic heterocycles. The molecule has 0 radical (unpaired) electrons. The topological polar surface area (TPSA) is 20.2 Å². The fourth-order valence-electron chi connectivity index (χ4n) is 3.68. The van der Waals surface area contributed by atoms with Gasteiger partial charge in [0.25, 0.3) is 0 Å². The molecule has 0 amide bonds. The molecule has 1 heteroatoms. The molecule has 0 bridgehead atoms. The summed E-state index contributed by atoms with van der Waals surface area (Å²) in [4.78, 5) is 0. The first-order valence-corrected chi connectivity index (χ1v) is 8.95. The van der Waals surface area contributed by atoms with Gasteiger partial charge in [-0.25, -0.2) is 0 Å². The molecule has 1 fully saturated rings. The van der Waals surface area contributed by atoms with E-state index in [-0.39, 0.29) is 0 Å². The van der Waals surface area contributed by atoms with E-state index in [2.05, 4.69) is 33.8 Å². The molecule has 1 nitrogen and oxygen atoms in total. The van der Waals surface area contributed by atoms with Gasteiger partial charge in [-0.1, -0.05) is 39.3 Å². The van der Waals surface area contributed by atoms with E-state index in [1.807, 2.05) is 6.92 Å². The average Bonchev–Trinajstić information content (AvgIpc) is 2.47. The monoisotopic (exact) mass is 292 g/mol. The van der Waals surface area contributed by atoms with Crippen molar-refractivity contribution < 1.29 is 5.11 Å². The lowest BCUT2D eigenvalue weighted by molar-refractivity contribution is 0.210. The SMILES string of the molecule is CC/C=C1/CCC(CC(C)C(C)CC/C(C)=C\O)C(C)C1. The molecular weight excluding hydrogens is 256 g/mol. The zero-order chi connectivity index (χ0) is 15.8. The molecule has 21 heavy (non-hydrogen) atoms. The lowest BCUT2D eigenvalue weighted by Crippen LogP contribution is -2.22. The first-order chi connectivity index (χ1) is 9.97. The average molecular weight is 293 g/mol. The quantitative estimate of drug-likeness (QED) is 0.410. The van der Waals surface area contributed by atoms with Crippen LogP contribution >= 0.6 is 0 Å². The minimum absolute atomic E-state index is 0.750. The molecule has 1 rings (SSSR count). The van der Waals surface area contributed by atoms with Crippen LogP contribution in [0.1, 0.15) is 79.6 Å². The van der Waals surface area contributed by atoms with E-state index in [0.29, 0.717) is 0 Å². The standard InChI is InChI=1S/C20H36O/c1-6-7-19-10-11-20(18(5)12-19)13-17(4)16(3)9-8-15(2)14-21/h7,14,16-18,20-21H,6,8-13H2,1-5H3/b15-14-,19-7-. The van der Waals surface area contributed by atoms with Crippen LogP contribution in [0.4, 0.5) is 0 Å². The van der Waals surface area contributed by atoms with Gasteiger partial charge in [0.15, 0.2) is 0 Å². The summed E-state index contributed by atoms with van der Waals surface area (Å²) in [5.74, 6) is 3.30. The summed E-state index contributed by atoms with van der Waals surface area (Å²) in [5.41, 5.74) is 2.81. The molecule has 0 aromatic rings. The van der Waals surface area contributed by atoms with Gasteiger partial charge < -0.3 is 5.11 Å². The Morgan fingerprint density at radius 3 is 2.62 bits per heavy atom. The van der Waals surface area contributed by atoms with Gasteiger partial charge >= 0.3 is 0 Å². The van der Waals surface area contributed by atoms with Crippen molar-refractivity contribution in [2.75, 3.05) is 0 Å². The van der Waals surface area contributed by atoms with E-state index in [4.69, 9.17) is 5.11 Å². The van der Waals surface area contributed by atoms with Gasteiger partial charge in [0, 0.05) is 0 Å². The normalized spacial score (nSPS) is 28.6. The van der Waals surface area contributed by atoms with Gasteiger partial charge in [-0.3, -0.25) is 0 Å². The van der Waals surface area contributed by atoms with Crippen molar-refractivity contribution in [1.29, 1.82) is 0 Å². The van der Waals surface area contributed by atoms with E-state index in [0.717, 1.165) is 35.7 Å². The molecule has 0 aliphatic heterocycles. The van der Waals surface area contributed by atoms with E-state index in [9.17, 15) is 0 Å². The van der Waals surface area contributed by atoms with Gasteiger partial charge in [0.05, 0.1) is 6.26 Å². The van der Waals surface area contributed by atoms with E-state index < -0.39 is 0 Å². The van der Waals surface area contributed by atoms with Crippen LogP contribution in [-0.2, 0) is 0 Å². The largest absolute Gasteiger partial charge is 0.516 e. The number of hydrogen-bond donors (Lipinski definition) is 1. The summed E-state index contributed by atoms with van der Waals surface area (Å²) in [5, 5.41) is 8.98.